The van der Waals surface area contributed by atoms with Crippen LogP contribution in [0.1, 0.15) is 16.7 Å². The predicted octanol–water partition coefficient (Wildman–Crippen LogP) is 4.21. The average Bonchev–Trinajstić information content (AvgIpc) is 2.67. The lowest BCUT2D eigenvalue weighted by atomic mass is 10.1. The van der Waals surface area contributed by atoms with E-state index >= 15 is 0 Å². The van der Waals surface area contributed by atoms with Crippen LogP contribution in [0.4, 0.5) is 13.2 Å². The predicted molar refractivity (Wildman–Crippen MR) is 113 cm³/mol. The normalized spacial score (nSPS) is 11.4. The lowest BCUT2D eigenvalue weighted by Gasteiger charge is -2.14. The molecule has 0 radical (unpaired) electrons. The largest absolute Gasteiger partial charge is 0.493 e. The fourth-order valence-electron chi connectivity index (χ4n) is 2.44. The van der Waals surface area contributed by atoms with Crippen molar-refractivity contribution in [1.82, 2.24) is 10.6 Å². The van der Waals surface area contributed by atoms with E-state index in [1.165, 1.54) is 6.07 Å². The zero-order chi connectivity index (χ0) is 19.9. The smallest absolute Gasteiger partial charge is 0.416 e. The van der Waals surface area contributed by atoms with Crippen molar-refractivity contribution in [3.05, 3.63) is 59.2 Å². The summed E-state index contributed by atoms with van der Waals surface area (Å²) in [6.07, 6.45) is -4.36. The molecule has 0 amide bonds. The first-order valence-corrected chi connectivity index (χ1v) is 8.19. The highest BCUT2D eigenvalue weighted by molar-refractivity contribution is 14.0. The van der Waals surface area contributed by atoms with E-state index in [4.69, 9.17) is 9.47 Å². The number of guanidine groups is 1. The molecule has 154 valence electrons. The van der Waals surface area contributed by atoms with Crippen LogP contribution in [0.15, 0.2) is 47.5 Å². The van der Waals surface area contributed by atoms with E-state index in [2.05, 4.69) is 15.6 Å². The topological polar surface area (TPSA) is 54.9 Å². The number of ether oxygens (including phenoxy) is 2. The molecule has 0 unspecified atom stereocenters. The fourth-order valence-corrected chi connectivity index (χ4v) is 2.44. The van der Waals surface area contributed by atoms with Gasteiger partial charge >= 0.3 is 6.18 Å². The Kier molecular flexibility index (Phi) is 9.36. The van der Waals surface area contributed by atoms with Crippen LogP contribution in [0.5, 0.6) is 11.5 Å². The Morgan fingerprint density at radius 3 is 2.07 bits per heavy atom. The lowest BCUT2D eigenvalue weighted by Crippen LogP contribution is -2.36. The van der Waals surface area contributed by atoms with Gasteiger partial charge in [0.2, 0.25) is 0 Å². The first kappa shape index (κ1) is 23.9. The van der Waals surface area contributed by atoms with Gasteiger partial charge in [0.25, 0.3) is 0 Å². The van der Waals surface area contributed by atoms with Crippen LogP contribution < -0.4 is 20.1 Å². The molecule has 0 heterocycles. The van der Waals surface area contributed by atoms with E-state index in [1.54, 1.807) is 33.4 Å². The van der Waals surface area contributed by atoms with E-state index in [0.717, 1.165) is 17.7 Å². The number of nitrogens with one attached hydrogen (secondary N) is 2. The number of halogens is 4. The van der Waals surface area contributed by atoms with Crippen molar-refractivity contribution in [3.63, 3.8) is 0 Å². The van der Waals surface area contributed by atoms with Crippen molar-refractivity contribution in [2.45, 2.75) is 19.3 Å². The minimum Gasteiger partial charge on any atom is -0.493 e. The lowest BCUT2D eigenvalue weighted by molar-refractivity contribution is -0.137. The van der Waals surface area contributed by atoms with Crippen molar-refractivity contribution in [3.8, 4) is 11.5 Å². The van der Waals surface area contributed by atoms with Crippen LogP contribution in [0.25, 0.3) is 0 Å². The minimum absolute atomic E-state index is 0. The van der Waals surface area contributed by atoms with E-state index < -0.39 is 11.7 Å². The van der Waals surface area contributed by atoms with Crippen LogP contribution in [0.3, 0.4) is 0 Å². The first-order chi connectivity index (χ1) is 12.9. The summed E-state index contributed by atoms with van der Waals surface area (Å²) in [6.45, 7) is 0.679. The molecule has 5 nitrogen and oxygen atoms in total. The van der Waals surface area contributed by atoms with Gasteiger partial charge in [0.15, 0.2) is 17.5 Å². The molecule has 0 saturated carbocycles. The highest BCUT2D eigenvalue weighted by Crippen LogP contribution is 2.29. The molecule has 2 rings (SSSR count). The van der Waals surface area contributed by atoms with Crippen molar-refractivity contribution >= 4 is 29.9 Å². The number of rotatable bonds is 6. The molecule has 0 fully saturated rings. The Hall–Kier alpha value is -2.17. The Balaban J connectivity index is 0.00000392. The number of methoxy groups -OCH3 is 2. The second-order valence-corrected chi connectivity index (χ2v) is 5.67. The van der Waals surface area contributed by atoms with E-state index in [9.17, 15) is 13.2 Å². The molecular weight excluding hydrogens is 486 g/mol. The van der Waals surface area contributed by atoms with Gasteiger partial charge in [0, 0.05) is 20.1 Å². The highest BCUT2D eigenvalue weighted by atomic mass is 127. The molecule has 0 atom stereocenters. The molecule has 0 saturated heterocycles. The molecule has 0 aromatic heterocycles. The molecule has 0 bridgehead atoms. The molecule has 9 heteroatoms. The summed E-state index contributed by atoms with van der Waals surface area (Å²) in [5.74, 6) is 1.72. The molecule has 0 aliphatic rings. The third-order valence-electron chi connectivity index (χ3n) is 3.85. The summed E-state index contributed by atoms with van der Waals surface area (Å²) in [4.78, 5) is 4.08. The number of hydrogen-bond acceptors (Lipinski definition) is 3. The summed E-state index contributed by atoms with van der Waals surface area (Å²) in [5, 5.41) is 6.11. The van der Waals surface area contributed by atoms with Crippen molar-refractivity contribution in [2.75, 3.05) is 21.3 Å². The second-order valence-electron chi connectivity index (χ2n) is 5.67. The van der Waals surface area contributed by atoms with Crippen LogP contribution in [0.2, 0.25) is 0 Å². The monoisotopic (exact) mass is 509 g/mol. The van der Waals surface area contributed by atoms with Crippen molar-refractivity contribution < 1.29 is 22.6 Å². The summed E-state index contributed by atoms with van der Waals surface area (Å²) in [5.41, 5.74) is 0.781. The maximum Gasteiger partial charge on any atom is 0.416 e. The van der Waals surface area contributed by atoms with E-state index in [1.807, 2.05) is 12.1 Å². The Bertz CT molecular complexity index is 798. The first-order valence-electron chi connectivity index (χ1n) is 8.19. The maximum atomic E-state index is 12.8. The highest BCUT2D eigenvalue weighted by Gasteiger charge is 2.30. The van der Waals surface area contributed by atoms with Crippen LogP contribution in [-0.4, -0.2) is 27.2 Å². The summed E-state index contributed by atoms with van der Waals surface area (Å²) >= 11 is 0. The standard InChI is InChI=1S/C19H22F3N3O2.HI/c1-23-18(24-11-13-5-4-6-15(9-13)19(20,21)22)25-12-14-7-8-16(26-2)17(10-14)27-3;/h4-10H,11-12H2,1-3H3,(H2,23,24,25);1H. The van der Waals surface area contributed by atoms with E-state index in [0.29, 0.717) is 29.6 Å². The molecule has 0 aliphatic carbocycles. The number of alkyl halides is 3. The molecular formula is C19H23F3IN3O2. The van der Waals surface area contributed by atoms with Crippen LogP contribution >= 0.6 is 24.0 Å². The van der Waals surface area contributed by atoms with Gasteiger partial charge in [-0.05, 0) is 35.4 Å². The van der Waals surface area contributed by atoms with Gasteiger partial charge < -0.3 is 20.1 Å². The third kappa shape index (κ3) is 6.77. The number of aliphatic imine (C=N–C) groups is 1. The summed E-state index contributed by atoms with van der Waals surface area (Å²) in [7, 11) is 4.72. The minimum atomic E-state index is -4.36. The molecule has 2 aromatic rings. The maximum absolute atomic E-state index is 12.8. The van der Waals surface area contributed by atoms with Gasteiger partial charge in [-0.2, -0.15) is 13.2 Å². The Morgan fingerprint density at radius 2 is 1.54 bits per heavy atom. The third-order valence-corrected chi connectivity index (χ3v) is 3.85. The average molecular weight is 509 g/mol. The quantitative estimate of drug-likeness (QED) is 0.348. The molecule has 2 aromatic carbocycles. The number of hydrogen-bond donors (Lipinski definition) is 2. The second kappa shape index (κ2) is 11.0. The zero-order valence-electron chi connectivity index (χ0n) is 15.8. The molecule has 0 spiro atoms. The van der Waals surface area contributed by atoms with Gasteiger partial charge in [-0.25, -0.2) is 0 Å². The number of nitrogens with zero attached hydrogens (tertiary/aromatic N) is 1. The van der Waals surface area contributed by atoms with Gasteiger partial charge in [-0.15, -0.1) is 24.0 Å². The summed E-state index contributed by atoms with van der Waals surface area (Å²) < 4.78 is 48.8. The van der Waals surface area contributed by atoms with Gasteiger partial charge in [-0.3, -0.25) is 4.99 Å². The van der Waals surface area contributed by atoms with E-state index in [-0.39, 0.29) is 30.5 Å². The summed E-state index contributed by atoms with van der Waals surface area (Å²) in [6, 6.07) is 10.7. The Morgan fingerprint density at radius 1 is 0.929 bits per heavy atom. The van der Waals surface area contributed by atoms with Gasteiger partial charge in [-0.1, -0.05) is 18.2 Å². The molecule has 2 N–H and O–H groups in total. The molecule has 28 heavy (non-hydrogen) atoms. The van der Waals surface area contributed by atoms with Crippen molar-refractivity contribution in [2.24, 2.45) is 4.99 Å². The van der Waals surface area contributed by atoms with Gasteiger partial charge in [0.1, 0.15) is 0 Å². The zero-order valence-corrected chi connectivity index (χ0v) is 18.1. The SMILES string of the molecule is CN=C(NCc1cccc(C(F)(F)F)c1)NCc1ccc(OC)c(OC)c1.I. The van der Waals surface area contributed by atoms with Crippen molar-refractivity contribution in [1.29, 1.82) is 0 Å². The Labute approximate surface area is 179 Å². The molecule has 0 aliphatic heterocycles. The number of benzene rings is 2. The van der Waals surface area contributed by atoms with Crippen LogP contribution in [-0.2, 0) is 19.3 Å². The fraction of sp³-hybridized carbons (Fsp3) is 0.316. The van der Waals surface area contributed by atoms with Crippen LogP contribution in [0, 0.1) is 0 Å². The van der Waals surface area contributed by atoms with Gasteiger partial charge in [0.05, 0.1) is 19.8 Å².